The van der Waals surface area contributed by atoms with Crippen molar-refractivity contribution in [2.45, 2.75) is 252 Å². The smallest absolute Gasteiger partial charge is 0.306 e. The molecule has 72 heavy (non-hydrogen) atoms. The van der Waals surface area contributed by atoms with Gasteiger partial charge in [0.2, 0.25) is 0 Å². The topological polar surface area (TPSA) is 78.9 Å². The second-order valence-corrected chi connectivity index (χ2v) is 18.9. The molecule has 0 amide bonds. The van der Waals surface area contributed by atoms with Gasteiger partial charge >= 0.3 is 17.9 Å². The number of unbranched alkanes of at least 4 members (excludes halogenated alkanes) is 22. The second-order valence-electron chi connectivity index (χ2n) is 18.9. The molecule has 0 aromatic carbocycles. The molecule has 1 unspecified atom stereocenters. The predicted molar refractivity (Wildman–Crippen MR) is 311 cm³/mol. The molecule has 0 fully saturated rings. The van der Waals surface area contributed by atoms with Gasteiger partial charge in [0.15, 0.2) is 6.10 Å². The Morgan fingerprint density at radius 1 is 0.306 bits per heavy atom. The van der Waals surface area contributed by atoms with Gasteiger partial charge in [-0.2, -0.15) is 0 Å². The largest absolute Gasteiger partial charge is 0.462 e. The zero-order valence-electron chi connectivity index (χ0n) is 46.4. The Hall–Kier alpha value is -4.45. The van der Waals surface area contributed by atoms with Gasteiger partial charge in [0.05, 0.1) is 0 Å². The minimum Gasteiger partial charge on any atom is -0.462 e. The molecule has 0 aliphatic heterocycles. The van der Waals surface area contributed by atoms with Crippen LogP contribution in [0.1, 0.15) is 245 Å². The van der Waals surface area contributed by atoms with Crippen molar-refractivity contribution in [3.63, 3.8) is 0 Å². The Kier molecular flexibility index (Phi) is 55.5. The van der Waals surface area contributed by atoms with Crippen LogP contribution in [0.2, 0.25) is 0 Å². The van der Waals surface area contributed by atoms with Crippen molar-refractivity contribution in [3.05, 3.63) is 134 Å². The molecule has 1 atom stereocenters. The van der Waals surface area contributed by atoms with Crippen LogP contribution in [0.25, 0.3) is 0 Å². The Labute approximate surface area is 443 Å². The molecule has 6 nitrogen and oxygen atoms in total. The number of hydrogen-bond acceptors (Lipinski definition) is 6. The van der Waals surface area contributed by atoms with Gasteiger partial charge in [0.1, 0.15) is 13.2 Å². The lowest BCUT2D eigenvalue weighted by Crippen LogP contribution is -2.30. The van der Waals surface area contributed by atoms with Gasteiger partial charge in [-0.15, -0.1) is 0 Å². The Morgan fingerprint density at radius 3 is 1.10 bits per heavy atom. The molecule has 0 radical (unpaired) electrons. The molecule has 0 aromatic heterocycles. The van der Waals surface area contributed by atoms with Crippen LogP contribution in [0, 0.1) is 0 Å². The van der Waals surface area contributed by atoms with Gasteiger partial charge in [0.25, 0.3) is 0 Å². The summed E-state index contributed by atoms with van der Waals surface area (Å²) in [5, 5.41) is 0. The zero-order chi connectivity index (χ0) is 52.2. The Morgan fingerprint density at radius 2 is 0.639 bits per heavy atom. The van der Waals surface area contributed by atoms with Gasteiger partial charge in [-0.05, 0) is 103 Å². The van der Waals surface area contributed by atoms with Crippen LogP contribution in [-0.4, -0.2) is 37.2 Å². The summed E-state index contributed by atoms with van der Waals surface area (Å²) in [4.78, 5) is 38.2. The molecule has 0 rings (SSSR count). The number of carbonyl (C=O) groups is 3. The highest BCUT2D eigenvalue weighted by Crippen LogP contribution is 2.14. The van der Waals surface area contributed by atoms with Gasteiger partial charge in [-0.3, -0.25) is 14.4 Å². The summed E-state index contributed by atoms with van der Waals surface area (Å²) in [5.41, 5.74) is 0. The van der Waals surface area contributed by atoms with Crippen LogP contribution in [0.5, 0.6) is 0 Å². The lowest BCUT2D eigenvalue weighted by atomic mass is 10.1. The maximum Gasteiger partial charge on any atom is 0.306 e. The monoisotopic (exact) mass is 995 g/mol. The van der Waals surface area contributed by atoms with E-state index in [0.29, 0.717) is 12.8 Å². The van der Waals surface area contributed by atoms with Crippen LogP contribution in [0.4, 0.5) is 0 Å². The molecule has 0 heterocycles. The molecule has 0 aliphatic rings. The van der Waals surface area contributed by atoms with Crippen LogP contribution in [-0.2, 0) is 28.6 Å². The first-order chi connectivity index (χ1) is 35.5. The Balaban J connectivity index is 4.55. The summed E-state index contributed by atoms with van der Waals surface area (Å²) < 4.78 is 16.8. The summed E-state index contributed by atoms with van der Waals surface area (Å²) in [5.74, 6) is -1.01. The fraction of sp³-hybridized carbons (Fsp3) is 0.621. The molecule has 0 N–H and O–H groups in total. The first-order valence-electron chi connectivity index (χ1n) is 29.3. The van der Waals surface area contributed by atoms with E-state index in [-0.39, 0.29) is 44.0 Å². The van der Waals surface area contributed by atoms with Crippen molar-refractivity contribution >= 4 is 17.9 Å². The normalized spacial score (nSPS) is 13.1. The summed E-state index contributed by atoms with van der Waals surface area (Å²) >= 11 is 0. The van der Waals surface area contributed by atoms with Crippen LogP contribution in [0.3, 0.4) is 0 Å². The van der Waals surface area contributed by atoms with Gasteiger partial charge in [0, 0.05) is 19.3 Å². The lowest BCUT2D eigenvalue weighted by Gasteiger charge is -2.18. The molecule has 0 bridgehead atoms. The molecule has 0 saturated heterocycles. The van der Waals surface area contributed by atoms with Crippen molar-refractivity contribution in [2.75, 3.05) is 13.2 Å². The highest BCUT2D eigenvalue weighted by Gasteiger charge is 2.19. The second kappa shape index (κ2) is 59.1. The van der Waals surface area contributed by atoms with Gasteiger partial charge in [-0.1, -0.05) is 257 Å². The van der Waals surface area contributed by atoms with E-state index < -0.39 is 6.10 Å². The zero-order valence-corrected chi connectivity index (χ0v) is 46.4. The first kappa shape index (κ1) is 67.5. The minimum absolute atomic E-state index is 0.113. The fourth-order valence-corrected chi connectivity index (χ4v) is 7.62. The average Bonchev–Trinajstić information content (AvgIpc) is 3.38. The van der Waals surface area contributed by atoms with Crippen molar-refractivity contribution in [3.8, 4) is 0 Å². The molecule has 0 aliphatic carbocycles. The van der Waals surface area contributed by atoms with E-state index >= 15 is 0 Å². The molecular formula is C66H106O6. The number of ether oxygens (including phenoxy) is 3. The van der Waals surface area contributed by atoms with E-state index in [9.17, 15) is 14.4 Å². The van der Waals surface area contributed by atoms with Gasteiger partial charge < -0.3 is 14.2 Å². The van der Waals surface area contributed by atoms with Crippen molar-refractivity contribution < 1.29 is 28.6 Å². The quantitative estimate of drug-likeness (QED) is 0.0199. The van der Waals surface area contributed by atoms with Crippen LogP contribution >= 0.6 is 0 Å². The molecule has 406 valence electrons. The highest BCUT2D eigenvalue weighted by atomic mass is 16.6. The van der Waals surface area contributed by atoms with Crippen LogP contribution in [0.15, 0.2) is 134 Å². The standard InChI is InChI=1S/C66H106O6/c1-4-7-10-13-16-19-22-25-28-31-33-36-38-41-44-47-50-53-56-59-65(68)71-62-63(61-70-64(67)58-55-52-49-46-43-40-37-34-30-27-24-21-18-15-12-9-6-3)72-66(69)60-57-54-51-48-45-42-39-35-32-29-26-23-20-17-14-11-8-5-2/h9,11-12,14,17-18,20-21,23,26-27,29-33,35,37,39-40,46,49,63H,4-8,10,13,15-16,19,22,24-25,28,34,36,38,41-45,47-48,50-62H2,1-3H3/b12-9-,14-11-,20-17-,21-18-,26-23-,30-27-,32-29-,33-31-,39-35-,40-37-,49-46-. The fourth-order valence-electron chi connectivity index (χ4n) is 7.62. The van der Waals surface area contributed by atoms with E-state index in [1.807, 2.05) is 24.3 Å². The van der Waals surface area contributed by atoms with E-state index in [0.717, 1.165) is 103 Å². The average molecular weight is 996 g/mol. The number of esters is 3. The SMILES string of the molecule is CC/C=C\C/C=C\C/C=C\C/C=C\C/C=C\CCCC(=O)OCC(COC(=O)CCCCCCCCC/C=C\CCCCCCCCCC)OC(=O)CCCCCCC\C=C/C=C\C=C/C=C\C=C/CCC. The molecule has 0 aromatic rings. The number of rotatable bonds is 51. The third-order valence-corrected chi connectivity index (χ3v) is 12.0. The molecular weight excluding hydrogens is 889 g/mol. The van der Waals surface area contributed by atoms with Crippen LogP contribution < -0.4 is 0 Å². The van der Waals surface area contributed by atoms with Gasteiger partial charge in [-0.25, -0.2) is 0 Å². The summed E-state index contributed by atoms with van der Waals surface area (Å²) in [7, 11) is 0. The van der Waals surface area contributed by atoms with Crippen molar-refractivity contribution in [2.24, 2.45) is 0 Å². The van der Waals surface area contributed by atoms with Crippen molar-refractivity contribution in [1.82, 2.24) is 0 Å². The number of hydrogen-bond donors (Lipinski definition) is 0. The van der Waals surface area contributed by atoms with E-state index in [2.05, 4.69) is 130 Å². The van der Waals surface area contributed by atoms with E-state index in [1.54, 1.807) is 0 Å². The summed E-state index contributed by atoms with van der Waals surface area (Å²) in [6, 6.07) is 0. The molecule has 6 heteroatoms. The summed E-state index contributed by atoms with van der Waals surface area (Å²) in [6.45, 7) is 6.36. The minimum atomic E-state index is -0.822. The maximum absolute atomic E-state index is 12.9. The molecule has 0 saturated carbocycles. The number of allylic oxidation sites excluding steroid dienone is 22. The highest BCUT2D eigenvalue weighted by molar-refractivity contribution is 5.71. The Bertz CT molecular complexity index is 1560. The summed E-state index contributed by atoms with van der Waals surface area (Å²) in [6.07, 6.45) is 83.0. The van der Waals surface area contributed by atoms with Crippen molar-refractivity contribution in [1.29, 1.82) is 0 Å². The third kappa shape index (κ3) is 56.5. The predicted octanol–water partition coefficient (Wildman–Crippen LogP) is 19.8. The number of carbonyl (C=O) groups excluding carboxylic acids is 3. The lowest BCUT2D eigenvalue weighted by molar-refractivity contribution is -0.167. The maximum atomic E-state index is 12.9. The van der Waals surface area contributed by atoms with E-state index in [1.165, 1.54) is 96.3 Å². The third-order valence-electron chi connectivity index (χ3n) is 12.0. The van der Waals surface area contributed by atoms with E-state index in [4.69, 9.17) is 14.2 Å². The first-order valence-corrected chi connectivity index (χ1v) is 29.3. The molecule has 0 spiro atoms.